The Bertz CT molecular complexity index is 518. The van der Waals surface area contributed by atoms with E-state index in [1.807, 2.05) is 0 Å². The lowest BCUT2D eigenvalue weighted by molar-refractivity contribution is 0.0516. The highest BCUT2D eigenvalue weighted by molar-refractivity contribution is 9.10. The summed E-state index contributed by atoms with van der Waals surface area (Å²) < 4.78 is 16.2. The van der Waals surface area contributed by atoms with E-state index in [2.05, 4.69) is 15.9 Å². The Kier molecular flexibility index (Phi) is 3.26. The molecule has 1 aromatic heterocycles. The Morgan fingerprint density at radius 3 is 3.06 bits per heavy atom. The van der Waals surface area contributed by atoms with E-state index in [0.29, 0.717) is 16.9 Å². The zero-order chi connectivity index (χ0) is 11.5. The number of fused-ring (bicyclic) bond motifs is 1. The minimum Gasteiger partial charge on any atom is -0.466 e. The lowest BCUT2D eigenvalue weighted by Gasteiger charge is -2.08. The Balaban J connectivity index is 2.61. The fourth-order valence-electron chi connectivity index (χ4n) is 1.46. The van der Waals surface area contributed by atoms with Gasteiger partial charge in [0.2, 0.25) is 0 Å². The van der Waals surface area contributed by atoms with Gasteiger partial charge >= 0.3 is 0 Å². The van der Waals surface area contributed by atoms with Gasteiger partial charge in [-0.15, -0.1) is 0 Å². The van der Waals surface area contributed by atoms with Gasteiger partial charge < -0.3 is 13.9 Å². The Labute approximate surface area is 100 Å². The summed E-state index contributed by atoms with van der Waals surface area (Å²) in [7, 11) is 1.52. The first-order valence-corrected chi connectivity index (χ1v) is 5.34. The van der Waals surface area contributed by atoms with E-state index < -0.39 is 0 Å². The first kappa shape index (κ1) is 11.2. The molecule has 0 aliphatic heterocycles. The van der Waals surface area contributed by atoms with Crippen LogP contribution in [-0.2, 0) is 4.74 Å². The number of carbonyl (C=O) groups excluding carboxylic acids is 1. The lowest BCUT2D eigenvalue weighted by atomic mass is 10.1. The molecule has 0 atom stereocenters. The molecule has 16 heavy (non-hydrogen) atoms. The molecule has 1 heterocycles. The molecule has 5 heteroatoms. The number of benzene rings is 1. The first-order valence-electron chi connectivity index (χ1n) is 4.54. The van der Waals surface area contributed by atoms with Gasteiger partial charge in [-0.1, -0.05) is 0 Å². The molecule has 0 amide bonds. The van der Waals surface area contributed by atoms with Crippen LogP contribution in [0, 0.1) is 0 Å². The van der Waals surface area contributed by atoms with Gasteiger partial charge in [0.05, 0.1) is 21.7 Å². The van der Waals surface area contributed by atoms with Gasteiger partial charge in [-0.3, -0.25) is 4.79 Å². The van der Waals surface area contributed by atoms with E-state index in [4.69, 9.17) is 13.9 Å². The molecular weight excluding hydrogens is 276 g/mol. The van der Waals surface area contributed by atoms with Crippen LogP contribution < -0.4 is 4.74 Å². The van der Waals surface area contributed by atoms with Gasteiger partial charge in [0.15, 0.2) is 18.7 Å². The molecule has 0 bridgehead atoms. The summed E-state index contributed by atoms with van der Waals surface area (Å²) >= 11 is 3.33. The van der Waals surface area contributed by atoms with Gasteiger partial charge in [0, 0.05) is 7.11 Å². The molecule has 2 rings (SSSR count). The third kappa shape index (κ3) is 1.83. The maximum atomic E-state index is 10.9. The molecule has 1 aromatic carbocycles. The first-order chi connectivity index (χ1) is 7.77. The highest BCUT2D eigenvalue weighted by Gasteiger charge is 2.14. The predicted molar refractivity (Wildman–Crippen MR) is 61.8 cm³/mol. The second-order valence-corrected chi connectivity index (χ2v) is 3.96. The van der Waals surface area contributed by atoms with Gasteiger partial charge in [0.25, 0.3) is 0 Å². The van der Waals surface area contributed by atoms with E-state index >= 15 is 0 Å². The van der Waals surface area contributed by atoms with Crippen molar-refractivity contribution in [3.8, 4) is 5.75 Å². The lowest BCUT2D eigenvalue weighted by Crippen LogP contribution is -2.01. The zero-order valence-electron chi connectivity index (χ0n) is 8.53. The number of carbonyl (C=O) groups is 1. The summed E-state index contributed by atoms with van der Waals surface area (Å²) in [6.45, 7) is 0.0861. The van der Waals surface area contributed by atoms with Crippen LogP contribution in [0.4, 0.5) is 0 Å². The van der Waals surface area contributed by atoms with Crippen LogP contribution >= 0.6 is 15.9 Å². The van der Waals surface area contributed by atoms with Crippen LogP contribution in [0.3, 0.4) is 0 Å². The Morgan fingerprint density at radius 2 is 2.38 bits per heavy atom. The molecule has 2 aromatic rings. The standard InChI is InChI=1S/C11H9BrO4/c1-14-6-16-10-7(5-13)4-9(12)11-8(10)2-3-15-11/h2-5H,6H2,1H3. The van der Waals surface area contributed by atoms with Crippen molar-refractivity contribution >= 4 is 33.2 Å². The van der Waals surface area contributed by atoms with Crippen molar-refractivity contribution in [1.29, 1.82) is 0 Å². The summed E-state index contributed by atoms with van der Waals surface area (Å²) in [4.78, 5) is 10.9. The van der Waals surface area contributed by atoms with Crippen LogP contribution in [0.1, 0.15) is 10.4 Å². The molecule has 0 spiro atoms. The molecule has 84 valence electrons. The van der Waals surface area contributed by atoms with Crippen molar-refractivity contribution in [3.63, 3.8) is 0 Å². The van der Waals surface area contributed by atoms with E-state index in [9.17, 15) is 4.79 Å². The van der Waals surface area contributed by atoms with Crippen molar-refractivity contribution in [1.82, 2.24) is 0 Å². The molecule has 0 aliphatic rings. The minimum absolute atomic E-state index is 0.0861. The van der Waals surface area contributed by atoms with Crippen molar-refractivity contribution in [2.45, 2.75) is 0 Å². The fourth-order valence-corrected chi connectivity index (χ4v) is 2.02. The minimum atomic E-state index is 0.0861. The predicted octanol–water partition coefficient (Wildman–Crippen LogP) is 2.99. The number of halogens is 1. The quantitative estimate of drug-likeness (QED) is 0.640. The second kappa shape index (κ2) is 4.67. The third-order valence-electron chi connectivity index (χ3n) is 2.12. The fraction of sp³-hybridized carbons (Fsp3) is 0.182. The van der Waals surface area contributed by atoms with Gasteiger partial charge in [0.1, 0.15) is 5.75 Å². The third-order valence-corrected chi connectivity index (χ3v) is 2.71. The number of methoxy groups -OCH3 is 1. The number of hydrogen-bond donors (Lipinski definition) is 0. The molecule has 0 unspecified atom stereocenters. The maximum absolute atomic E-state index is 10.9. The number of ether oxygens (including phenoxy) is 2. The number of aldehydes is 1. The topological polar surface area (TPSA) is 48.7 Å². The summed E-state index contributed by atoms with van der Waals surface area (Å²) in [6.07, 6.45) is 2.28. The molecule has 0 saturated heterocycles. The second-order valence-electron chi connectivity index (χ2n) is 3.11. The van der Waals surface area contributed by atoms with Crippen molar-refractivity contribution in [3.05, 3.63) is 28.4 Å². The number of furan rings is 1. The highest BCUT2D eigenvalue weighted by Crippen LogP contribution is 2.35. The number of rotatable bonds is 4. The summed E-state index contributed by atoms with van der Waals surface area (Å²) in [6, 6.07) is 3.40. The SMILES string of the molecule is COCOc1c(C=O)cc(Br)c2occc12. The van der Waals surface area contributed by atoms with Crippen molar-refractivity contribution in [2.24, 2.45) is 0 Å². The summed E-state index contributed by atoms with van der Waals surface area (Å²) in [5.41, 5.74) is 1.11. The van der Waals surface area contributed by atoms with E-state index in [-0.39, 0.29) is 6.79 Å². The zero-order valence-corrected chi connectivity index (χ0v) is 10.1. The van der Waals surface area contributed by atoms with Crippen LogP contribution in [0.5, 0.6) is 5.75 Å². The number of hydrogen-bond acceptors (Lipinski definition) is 4. The molecule has 0 fully saturated rings. The van der Waals surface area contributed by atoms with Crippen molar-refractivity contribution < 1.29 is 18.7 Å². The van der Waals surface area contributed by atoms with Crippen molar-refractivity contribution in [2.75, 3.05) is 13.9 Å². The Morgan fingerprint density at radius 1 is 1.56 bits per heavy atom. The molecule has 0 aliphatic carbocycles. The summed E-state index contributed by atoms with van der Waals surface area (Å²) in [5.74, 6) is 0.476. The largest absolute Gasteiger partial charge is 0.466 e. The molecule has 0 N–H and O–H groups in total. The van der Waals surface area contributed by atoms with Crippen LogP contribution in [0.2, 0.25) is 0 Å². The van der Waals surface area contributed by atoms with E-state index in [1.165, 1.54) is 7.11 Å². The van der Waals surface area contributed by atoms with Gasteiger partial charge in [-0.25, -0.2) is 0 Å². The van der Waals surface area contributed by atoms with Crippen LogP contribution in [0.25, 0.3) is 11.0 Å². The maximum Gasteiger partial charge on any atom is 0.188 e. The molecular formula is C11H9BrO4. The molecule has 0 radical (unpaired) electrons. The highest BCUT2D eigenvalue weighted by atomic mass is 79.9. The van der Waals surface area contributed by atoms with Gasteiger partial charge in [-0.05, 0) is 28.1 Å². The molecule has 0 saturated carbocycles. The van der Waals surface area contributed by atoms with E-state index in [1.54, 1.807) is 18.4 Å². The average molecular weight is 285 g/mol. The van der Waals surface area contributed by atoms with Gasteiger partial charge in [-0.2, -0.15) is 0 Å². The normalized spacial score (nSPS) is 10.6. The van der Waals surface area contributed by atoms with Crippen LogP contribution in [0.15, 0.2) is 27.3 Å². The van der Waals surface area contributed by atoms with Crippen LogP contribution in [-0.4, -0.2) is 20.2 Å². The van der Waals surface area contributed by atoms with E-state index in [0.717, 1.165) is 16.1 Å². The Hall–Kier alpha value is -1.33. The average Bonchev–Trinajstić information content (AvgIpc) is 2.77. The smallest absolute Gasteiger partial charge is 0.188 e. The molecule has 4 nitrogen and oxygen atoms in total. The monoisotopic (exact) mass is 284 g/mol. The summed E-state index contributed by atoms with van der Waals surface area (Å²) in [5, 5.41) is 0.744.